The molecule has 1 aliphatic rings. The maximum absolute atomic E-state index is 14.5. The zero-order valence-corrected chi connectivity index (χ0v) is 18.9. The molecular weight excluding hydrogens is 449 g/mol. The molecule has 1 atom stereocenters. The van der Waals surface area contributed by atoms with Gasteiger partial charge in [-0.15, -0.1) is 0 Å². The SMILES string of the molecule is CCn1nc(C#Cc2ccc(F)c(NC(=O)N3OCC[C@@H]3c3ccccc3)c2)c2c(N)ncnc21. The van der Waals surface area contributed by atoms with Crippen LogP contribution in [0.5, 0.6) is 0 Å². The van der Waals surface area contributed by atoms with Gasteiger partial charge in [-0.2, -0.15) is 10.2 Å². The predicted molar refractivity (Wildman–Crippen MR) is 128 cm³/mol. The summed E-state index contributed by atoms with van der Waals surface area (Å²) >= 11 is 0. The van der Waals surface area contributed by atoms with Crippen LogP contribution in [0.1, 0.15) is 36.2 Å². The highest BCUT2D eigenvalue weighted by Gasteiger charge is 2.32. The van der Waals surface area contributed by atoms with E-state index in [4.69, 9.17) is 10.6 Å². The van der Waals surface area contributed by atoms with E-state index in [1.54, 1.807) is 4.68 Å². The number of hydrogen-bond acceptors (Lipinski definition) is 6. The van der Waals surface area contributed by atoms with E-state index >= 15 is 0 Å². The number of aromatic nitrogens is 4. The molecule has 10 heteroatoms. The number of hydroxylamine groups is 2. The number of halogens is 1. The van der Waals surface area contributed by atoms with Crippen molar-refractivity contribution in [1.29, 1.82) is 0 Å². The number of nitrogens with one attached hydrogen (secondary N) is 1. The van der Waals surface area contributed by atoms with Crippen molar-refractivity contribution in [3.05, 3.63) is 77.5 Å². The summed E-state index contributed by atoms with van der Waals surface area (Å²) in [5, 5.41) is 8.87. The molecule has 2 aromatic carbocycles. The summed E-state index contributed by atoms with van der Waals surface area (Å²) in [5.74, 6) is 5.63. The van der Waals surface area contributed by atoms with E-state index in [-0.39, 0.29) is 17.5 Å². The fourth-order valence-electron chi connectivity index (χ4n) is 3.99. The number of rotatable bonds is 3. The van der Waals surface area contributed by atoms with Crippen LogP contribution in [0.2, 0.25) is 0 Å². The smallest absolute Gasteiger partial charge is 0.346 e. The molecule has 0 saturated carbocycles. The van der Waals surface area contributed by atoms with Gasteiger partial charge in [-0.25, -0.2) is 23.8 Å². The third-order valence-corrected chi connectivity index (χ3v) is 5.68. The van der Waals surface area contributed by atoms with Crippen LogP contribution in [0.15, 0.2) is 54.9 Å². The molecular formula is C25H22FN7O2. The minimum atomic E-state index is -0.585. The van der Waals surface area contributed by atoms with Gasteiger partial charge in [0, 0.05) is 18.5 Å². The molecule has 1 aliphatic heterocycles. The maximum atomic E-state index is 14.5. The number of amides is 2. The molecule has 0 radical (unpaired) electrons. The molecule has 1 saturated heterocycles. The lowest BCUT2D eigenvalue weighted by atomic mass is 10.1. The number of carbonyl (C=O) groups excluding carboxylic acids is 1. The normalized spacial score (nSPS) is 15.1. The maximum Gasteiger partial charge on any atom is 0.346 e. The third kappa shape index (κ3) is 4.37. The van der Waals surface area contributed by atoms with Crippen LogP contribution >= 0.6 is 0 Å². The van der Waals surface area contributed by atoms with Crippen molar-refractivity contribution >= 4 is 28.6 Å². The van der Waals surface area contributed by atoms with Crippen molar-refractivity contribution in [3.8, 4) is 11.8 Å². The highest BCUT2D eigenvalue weighted by Crippen LogP contribution is 2.31. The van der Waals surface area contributed by atoms with Crippen LogP contribution in [-0.4, -0.2) is 37.4 Å². The average molecular weight is 471 g/mol. The Morgan fingerprint density at radius 1 is 1.23 bits per heavy atom. The second-order valence-electron chi connectivity index (χ2n) is 7.87. The van der Waals surface area contributed by atoms with Crippen LogP contribution < -0.4 is 11.1 Å². The molecule has 5 rings (SSSR count). The van der Waals surface area contributed by atoms with E-state index in [2.05, 4.69) is 32.2 Å². The highest BCUT2D eigenvalue weighted by atomic mass is 19.1. The number of benzene rings is 2. The standard InChI is InChI=1S/C25H22FN7O2/c1-2-32-24-22(23(27)28-15-29-24)19(31-32)11-9-16-8-10-18(26)20(14-16)30-25(34)33-21(12-13-35-33)17-6-4-3-5-7-17/h3-8,10,14-15,21H,2,12-13H2,1H3,(H,30,34)(H2,27,28,29)/t21-/m1/s1. The lowest BCUT2D eigenvalue weighted by Crippen LogP contribution is -2.33. The van der Waals surface area contributed by atoms with Gasteiger partial charge in [0.15, 0.2) is 5.65 Å². The summed E-state index contributed by atoms with van der Waals surface area (Å²) in [6.07, 6.45) is 2.03. The molecule has 2 aromatic heterocycles. The summed E-state index contributed by atoms with van der Waals surface area (Å²) in [6.45, 7) is 2.92. The van der Waals surface area contributed by atoms with E-state index in [1.165, 1.54) is 29.6 Å². The number of urea groups is 1. The van der Waals surface area contributed by atoms with Gasteiger partial charge in [-0.05, 0) is 36.6 Å². The van der Waals surface area contributed by atoms with Gasteiger partial charge in [-0.1, -0.05) is 36.3 Å². The Kier molecular flexibility index (Phi) is 5.99. The molecule has 35 heavy (non-hydrogen) atoms. The number of aryl methyl sites for hydroxylation is 1. The molecule has 2 amide bonds. The van der Waals surface area contributed by atoms with Gasteiger partial charge in [-0.3, -0.25) is 4.84 Å². The molecule has 0 unspecified atom stereocenters. The summed E-state index contributed by atoms with van der Waals surface area (Å²) < 4.78 is 16.2. The summed E-state index contributed by atoms with van der Waals surface area (Å²) in [7, 11) is 0. The Morgan fingerprint density at radius 3 is 2.86 bits per heavy atom. The number of nitrogens with zero attached hydrogens (tertiary/aromatic N) is 5. The topological polar surface area (TPSA) is 111 Å². The number of carbonyl (C=O) groups is 1. The van der Waals surface area contributed by atoms with Crippen molar-refractivity contribution in [2.75, 3.05) is 17.7 Å². The van der Waals surface area contributed by atoms with E-state index in [9.17, 15) is 9.18 Å². The molecule has 0 aliphatic carbocycles. The number of hydrogen-bond donors (Lipinski definition) is 2. The Hall–Kier alpha value is -4.49. The Labute approximate surface area is 200 Å². The van der Waals surface area contributed by atoms with Crippen molar-refractivity contribution in [3.63, 3.8) is 0 Å². The van der Waals surface area contributed by atoms with Gasteiger partial charge in [0.05, 0.1) is 23.7 Å². The number of nitrogens with two attached hydrogens (primary N) is 1. The predicted octanol–water partition coefficient (Wildman–Crippen LogP) is 3.88. The fraction of sp³-hybridized carbons (Fsp3) is 0.200. The Morgan fingerprint density at radius 2 is 2.06 bits per heavy atom. The van der Waals surface area contributed by atoms with Crippen molar-refractivity contribution in [1.82, 2.24) is 24.8 Å². The van der Waals surface area contributed by atoms with Crippen LogP contribution in [0.4, 0.5) is 20.7 Å². The highest BCUT2D eigenvalue weighted by molar-refractivity contribution is 5.91. The molecule has 0 bridgehead atoms. The molecule has 0 spiro atoms. The van der Waals surface area contributed by atoms with E-state index in [0.717, 1.165) is 5.56 Å². The Balaban J connectivity index is 1.40. The van der Waals surface area contributed by atoms with Crippen LogP contribution in [0, 0.1) is 17.7 Å². The molecule has 176 valence electrons. The van der Waals surface area contributed by atoms with Crippen LogP contribution in [0.3, 0.4) is 0 Å². The van der Waals surface area contributed by atoms with Crippen LogP contribution in [0.25, 0.3) is 11.0 Å². The van der Waals surface area contributed by atoms with Gasteiger partial charge in [0.2, 0.25) is 0 Å². The summed E-state index contributed by atoms with van der Waals surface area (Å²) in [6, 6.07) is 13.0. The zero-order valence-electron chi connectivity index (χ0n) is 18.9. The van der Waals surface area contributed by atoms with Crippen molar-refractivity contribution < 1.29 is 14.0 Å². The lowest BCUT2D eigenvalue weighted by molar-refractivity contribution is -0.0830. The second kappa shape index (κ2) is 9.40. The van der Waals surface area contributed by atoms with Crippen LogP contribution in [-0.2, 0) is 11.4 Å². The number of fused-ring (bicyclic) bond motifs is 1. The van der Waals surface area contributed by atoms with Crippen molar-refractivity contribution in [2.45, 2.75) is 25.9 Å². The molecule has 3 heterocycles. The largest absolute Gasteiger partial charge is 0.383 e. The number of nitrogen functional groups attached to an aromatic ring is 1. The molecule has 4 aromatic rings. The summed E-state index contributed by atoms with van der Waals surface area (Å²) in [4.78, 5) is 26.7. The molecule has 9 nitrogen and oxygen atoms in total. The van der Waals surface area contributed by atoms with Gasteiger partial charge < -0.3 is 11.1 Å². The van der Waals surface area contributed by atoms with Crippen molar-refractivity contribution in [2.24, 2.45) is 0 Å². The van der Waals surface area contributed by atoms with E-state index < -0.39 is 11.8 Å². The number of anilines is 2. The van der Waals surface area contributed by atoms with E-state index in [0.29, 0.717) is 41.9 Å². The molecule has 1 fully saturated rings. The lowest BCUT2D eigenvalue weighted by Gasteiger charge is -2.23. The first-order valence-corrected chi connectivity index (χ1v) is 11.1. The third-order valence-electron chi connectivity index (χ3n) is 5.68. The average Bonchev–Trinajstić information content (AvgIpc) is 3.51. The van der Waals surface area contributed by atoms with E-state index in [1.807, 2.05) is 37.3 Å². The minimum absolute atomic E-state index is 0.00379. The minimum Gasteiger partial charge on any atom is -0.383 e. The van der Waals surface area contributed by atoms with Gasteiger partial charge in [0.1, 0.15) is 23.7 Å². The second-order valence-corrected chi connectivity index (χ2v) is 7.87. The first kappa shape index (κ1) is 22.3. The first-order valence-electron chi connectivity index (χ1n) is 11.1. The Bertz CT molecular complexity index is 1460. The zero-order chi connectivity index (χ0) is 24.4. The monoisotopic (exact) mass is 471 g/mol. The first-order chi connectivity index (χ1) is 17.0. The quantitative estimate of drug-likeness (QED) is 0.439. The van der Waals surface area contributed by atoms with Gasteiger partial charge >= 0.3 is 6.03 Å². The summed E-state index contributed by atoms with van der Waals surface area (Å²) in [5.41, 5.74) is 8.46. The van der Waals surface area contributed by atoms with Gasteiger partial charge in [0.25, 0.3) is 0 Å². The molecule has 3 N–H and O–H groups in total. The fourth-order valence-corrected chi connectivity index (χ4v) is 3.99.